The number of carboxylic acid groups (broad SMARTS) is 1. The smallest absolute Gasteiger partial charge is 0.408 e. The molecule has 1 heterocycles. The number of halogens is 2. The lowest BCUT2D eigenvalue weighted by molar-refractivity contribution is -0.121. The first-order chi connectivity index (χ1) is 17.1. The maximum absolute atomic E-state index is 15.0. The van der Waals surface area contributed by atoms with Crippen LogP contribution in [-0.2, 0) is 26.1 Å². The standard InChI is InChI=1S/C26H32F2N2O6/c1-5-36-18-6-7-19-16(12-18)8-9-30(25(32)33)23(19)24(31)29-17-13-20(27)22(21(28)14-17)26(2,3)15-35-11-10-34-4/h6-7,12-14,23H,5,8-11,15H2,1-4H3,(H,29,31)(H,32,33). The highest BCUT2D eigenvalue weighted by Gasteiger charge is 2.37. The number of nitrogens with one attached hydrogen (secondary N) is 1. The van der Waals surface area contributed by atoms with Gasteiger partial charge in [0, 0.05) is 30.3 Å². The van der Waals surface area contributed by atoms with E-state index in [1.165, 1.54) is 7.11 Å². The van der Waals surface area contributed by atoms with Gasteiger partial charge in [0.1, 0.15) is 23.4 Å². The summed E-state index contributed by atoms with van der Waals surface area (Å²) in [4.78, 5) is 26.1. The van der Waals surface area contributed by atoms with Crippen LogP contribution in [0, 0.1) is 11.6 Å². The van der Waals surface area contributed by atoms with Crippen LogP contribution in [0.1, 0.15) is 43.5 Å². The number of hydrogen-bond acceptors (Lipinski definition) is 5. The maximum atomic E-state index is 15.0. The average molecular weight is 507 g/mol. The Balaban J connectivity index is 1.85. The second-order valence-corrected chi connectivity index (χ2v) is 9.16. The summed E-state index contributed by atoms with van der Waals surface area (Å²) in [6.45, 7) is 6.41. The summed E-state index contributed by atoms with van der Waals surface area (Å²) < 4.78 is 46.0. The van der Waals surface area contributed by atoms with Gasteiger partial charge in [0.05, 0.1) is 26.4 Å². The quantitative estimate of drug-likeness (QED) is 0.460. The van der Waals surface area contributed by atoms with Gasteiger partial charge < -0.3 is 24.6 Å². The minimum absolute atomic E-state index is 0.0616. The van der Waals surface area contributed by atoms with Crippen molar-refractivity contribution in [2.24, 2.45) is 0 Å². The molecule has 36 heavy (non-hydrogen) atoms. The minimum Gasteiger partial charge on any atom is -0.494 e. The van der Waals surface area contributed by atoms with Gasteiger partial charge in [-0.05, 0) is 48.7 Å². The first kappa shape index (κ1) is 27.3. The lowest BCUT2D eigenvalue weighted by atomic mass is 9.84. The van der Waals surface area contributed by atoms with Gasteiger partial charge in [-0.2, -0.15) is 0 Å². The molecule has 1 unspecified atom stereocenters. The average Bonchev–Trinajstić information content (AvgIpc) is 2.80. The molecule has 0 aromatic heterocycles. The van der Waals surface area contributed by atoms with E-state index in [0.717, 1.165) is 22.6 Å². The van der Waals surface area contributed by atoms with E-state index in [1.54, 1.807) is 32.0 Å². The number of methoxy groups -OCH3 is 1. The summed E-state index contributed by atoms with van der Waals surface area (Å²) in [6, 6.07) is 5.97. The van der Waals surface area contributed by atoms with Crippen molar-refractivity contribution in [3.63, 3.8) is 0 Å². The highest BCUT2D eigenvalue weighted by atomic mass is 19.1. The first-order valence-corrected chi connectivity index (χ1v) is 11.7. The number of amides is 2. The van der Waals surface area contributed by atoms with E-state index in [-0.39, 0.29) is 31.0 Å². The molecule has 1 atom stereocenters. The van der Waals surface area contributed by atoms with Crippen LogP contribution in [0.4, 0.5) is 19.3 Å². The second-order valence-electron chi connectivity index (χ2n) is 9.16. The predicted molar refractivity (Wildman–Crippen MR) is 129 cm³/mol. The molecule has 0 saturated heterocycles. The predicted octanol–water partition coefficient (Wildman–Crippen LogP) is 4.52. The molecular weight excluding hydrogens is 474 g/mol. The third-order valence-electron chi connectivity index (χ3n) is 6.03. The van der Waals surface area contributed by atoms with Crippen molar-refractivity contribution in [3.05, 3.63) is 58.7 Å². The number of benzene rings is 2. The lowest BCUT2D eigenvalue weighted by Crippen LogP contribution is -2.44. The largest absolute Gasteiger partial charge is 0.494 e. The Morgan fingerprint density at radius 1 is 1.17 bits per heavy atom. The van der Waals surface area contributed by atoms with E-state index < -0.39 is 35.1 Å². The van der Waals surface area contributed by atoms with E-state index in [9.17, 15) is 14.7 Å². The minimum atomic E-state index is -1.27. The van der Waals surface area contributed by atoms with Gasteiger partial charge in [-0.25, -0.2) is 13.6 Å². The SMILES string of the molecule is CCOc1ccc2c(c1)CCN(C(=O)O)C2C(=O)Nc1cc(F)c(C(C)(C)COCCOC)c(F)c1. The topological polar surface area (TPSA) is 97.3 Å². The van der Waals surface area contributed by atoms with Crippen LogP contribution in [0.5, 0.6) is 5.75 Å². The summed E-state index contributed by atoms with van der Waals surface area (Å²) in [5, 5.41) is 12.2. The Morgan fingerprint density at radius 2 is 1.86 bits per heavy atom. The van der Waals surface area contributed by atoms with Crippen molar-refractivity contribution in [2.45, 2.75) is 38.6 Å². The number of ether oxygens (including phenoxy) is 3. The molecule has 2 aromatic rings. The molecule has 0 radical (unpaired) electrons. The molecule has 8 nitrogen and oxygen atoms in total. The molecule has 1 aliphatic heterocycles. The molecule has 0 saturated carbocycles. The highest BCUT2D eigenvalue weighted by molar-refractivity contribution is 5.97. The van der Waals surface area contributed by atoms with Crippen molar-refractivity contribution < 1.29 is 37.7 Å². The zero-order valence-corrected chi connectivity index (χ0v) is 20.9. The number of anilines is 1. The number of carbonyl (C=O) groups excluding carboxylic acids is 1. The Kier molecular flexibility index (Phi) is 8.86. The molecule has 2 N–H and O–H groups in total. The number of fused-ring (bicyclic) bond motifs is 1. The summed E-state index contributed by atoms with van der Waals surface area (Å²) in [7, 11) is 1.53. The molecular formula is C26H32F2N2O6. The Hall–Kier alpha value is -3.24. The van der Waals surface area contributed by atoms with Crippen molar-refractivity contribution >= 4 is 17.7 Å². The molecule has 1 aliphatic rings. The molecule has 0 aliphatic carbocycles. The summed E-state index contributed by atoms with van der Waals surface area (Å²) >= 11 is 0. The van der Waals surface area contributed by atoms with Crippen LogP contribution in [0.15, 0.2) is 30.3 Å². The first-order valence-electron chi connectivity index (χ1n) is 11.7. The lowest BCUT2D eigenvalue weighted by Gasteiger charge is -2.34. The normalized spacial score (nSPS) is 15.4. The van der Waals surface area contributed by atoms with E-state index in [4.69, 9.17) is 14.2 Å². The van der Waals surface area contributed by atoms with Crippen molar-refractivity contribution in [2.75, 3.05) is 45.4 Å². The Bertz CT molecular complexity index is 1080. The number of carbonyl (C=O) groups is 2. The van der Waals surface area contributed by atoms with Crippen molar-refractivity contribution in [3.8, 4) is 5.75 Å². The number of rotatable bonds is 10. The van der Waals surface area contributed by atoms with Crippen LogP contribution in [0.25, 0.3) is 0 Å². The van der Waals surface area contributed by atoms with E-state index in [2.05, 4.69) is 5.32 Å². The monoisotopic (exact) mass is 506 g/mol. The van der Waals surface area contributed by atoms with E-state index in [0.29, 0.717) is 30.9 Å². The van der Waals surface area contributed by atoms with Crippen molar-refractivity contribution in [1.82, 2.24) is 4.90 Å². The van der Waals surface area contributed by atoms with Gasteiger partial charge in [-0.15, -0.1) is 0 Å². The Morgan fingerprint density at radius 3 is 2.47 bits per heavy atom. The van der Waals surface area contributed by atoms with Crippen LogP contribution in [0.3, 0.4) is 0 Å². The number of nitrogens with zero attached hydrogens (tertiary/aromatic N) is 1. The fraction of sp³-hybridized carbons (Fsp3) is 0.462. The molecule has 0 bridgehead atoms. The molecule has 2 amide bonds. The third-order valence-corrected chi connectivity index (χ3v) is 6.03. The molecule has 3 rings (SSSR count). The van der Waals surface area contributed by atoms with Gasteiger partial charge >= 0.3 is 6.09 Å². The Labute approximate surface area is 209 Å². The summed E-state index contributed by atoms with van der Waals surface area (Å²) in [6.07, 6.45) is -0.858. The third kappa shape index (κ3) is 6.11. The summed E-state index contributed by atoms with van der Waals surface area (Å²) in [5.74, 6) is -1.78. The molecule has 10 heteroatoms. The fourth-order valence-electron chi connectivity index (χ4n) is 4.39. The zero-order valence-electron chi connectivity index (χ0n) is 20.9. The molecule has 0 fully saturated rings. The van der Waals surface area contributed by atoms with Gasteiger partial charge in [-0.1, -0.05) is 19.9 Å². The van der Waals surface area contributed by atoms with Gasteiger partial charge in [0.15, 0.2) is 0 Å². The van der Waals surface area contributed by atoms with Crippen molar-refractivity contribution in [1.29, 1.82) is 0 Å². The fourth-order valence-corrected chi connectivity index (χ4v) is 4.39. The van der Waals surface area contributed by atoms with Crippen LogP contribution in [-0.4, -0.2) is 62.1 Å². The molecule has 196 valence electrons. The highest BCUT2D eigenvalue weighted by Crippen LogP contribution is 2.35. The summed E-state index contributed by atoms with van der Waals surface area (Å²) in [5.41, 5.74) is 0.0123. The second kappa shape index (κ2) is 11.7. The van der Waals surface area contributed by atoms with Crippen LogP contribution in [0.2, 0.25) is 0 Å². The van der Waals surface area contributed by atoms with E-state index in [1.807, 2.05) is 6.92 Å². The molecule has 2 aromatic carbocycles. The van der Waals surface area contributed by atoms with E-state index >= 15 is 8.78 Å². The maximum Gasteiger partial charge on any atom is 0.408 e. The van der Waals surface area contributed by atoms with Gasteiger partial charge in [0.25, 0.3) is 5.91 Å². The van der Waals surface area contributed by atoms with Gasteiger partial charge in [-0.3, -0.25) is 9.69 Å². The van der Waals surface area contributed by atoms with Crippen LogP contribution < -0.4 is 10.1 Å². The van der Waals surface area contributed by atoms with Crippen LogP contribution >= 0.6 is 0 Å². The number of hydrogen-bond donors (Lipinski definition) is 2. The zero-order chi connectivity index (χ0) is 26.5. The molecule has 0 spiro atoms. The van der Waals surface area contributed by atoms with Gasteiger partial charge in [0.2, 0.25) is 0 Å².